The van der Waals surface area contributed by atoms with E-state index in [1.54, 1.807) is 18.4 Å². The van der Waals surface area contributed by atoms with Crippen molar-refractivity contribution in [2.45, 2.75) is 12.6 Å². The van der Waals surface area contributed by atoms with Crippen LogP contribution in [0.2, 0.25) is 0 Å². The Balaban J connectivity index is 2.09. The highest BCUT2D eigenvalue weighted by atomic mass is 79.9. The molecule has 108 valence electrons. The normalized spacial score (nSPS) is 12.7. The van der Waals surface area contributed by atoms with Gasteiger partial charge in [0.15, 0.2) is 0 Å². The Hall–Kier alpha value is -0.880. The van der Waals surface area contributed by atoms with Crippen molar-refractivity contribution in [1.29, 1.82) is 0 Å². The fraction of sp³-hybridized carbons (Fsp3) is 0.333. The second kappa shape index (κ2) is 7.22. The molecule has 20 heavy (non-hydrogen) atoms. The van der Waals surface area contributed by atoms with Crippen LogP contribution in [0.3, 0.4) is 0 Å². The maximum absolute atomic E-state index is 9.68. The van der Waals surface area contributed by atoms with Crippen LogP contribution in [-0.2, 0) is 6.54 Å². The van der Waals surface area contributed by atoms with Crippen molar-refractivity contribution >= 4 is 27.3 Å². The van der Waals surface area contributed by atoms with Gasteiger partial charge in [-0.3, -0.25) is 4.90 Å². The summed E-state index contributed by atoms with van der Waals surface area (Å²) in [6, 6.07) is 12.0. The lowest BCUT2D eigenvalue weighted by Gasteiger charge is -2.26. The quantitative estimate of drug-likeness (QED) is 0.857. The van der Waals surface area contributed by atoms with Gasteiger partial charge in [-0.15, -0.1) is 11.3 Å². The molecule has 1 aromatic carbocycles. The van der Waals surface area contributed by atoms with Crippen molar-refractivity contribution in [1.82, 2.24) is 4.90 Å². The molecule has 1 aromatic heterocycles. The third-order valence-corrected chi connectivity index (χ3v) is 4.85. The van der Waals surface area contributed by atoms with Crippen LogP contribution in [0.25, 0.3) is 0 Å². The van der Waals surface area contributed by atoms with Crippen LogP contribution in [-0.4, -0.2) is 30.8 Å². The largest absolute Gasteiger partial charge is 0.497 e. The molecular weight excluding hydrogens is 338 g/mol. The Morgan fingerprint density at radius 1 is 1.25 bits per heavy atom. The predicted octanol–water partition coefficient (Wildman–Crippen LogP) is 3.68. The number of hydrogen-bond acceptors (Lipinski definition) is 4. The van der Waals surface area contributed by atoms with Crippen molar-refractivity contribution in [3.05, 3.63) is 50.6 Å². The minimum atomic E-state index is -0.0122. The molecule has 1 N–H and O–H groups in total. The zero-order chi connectivity index (χ0) is 14.5. The Labute approximate surface area is 131 Å². The molecule has 1 unspecified atom stereocenters. The number of benzene rings is 1. The maximum atomic E-state index is 9.68. The second-order valence-electron chi connectivity index (χ2n) is 4.59. The first kappa shape index (κ1) is 15.5. The van der Waals surface area contributed by atoms with Crippen LogP contribution in [0.1, 0.15) is 16.5 Å². The van der Waals surface area contributed by atoms with Gasteiger partial charge in [0.05, 0.1) is 23.5 Å². The Kier molecular flexibility index (Phi) is 5.60. The average molecular weight is 356 g/mol. The summed E-state index contributed by atoms with van der Waals surface area (Å²) in [5.74, 6) is 0.829. The molecule has 0 fully saturated rings. The highest BCUT2D eigenvalue weighted by Crippen LogP contribution is 2.27. The van der Waals surface area contributed by atoms with Gasteiger partial charge in [-0.1, -0.05) is 12.1 Å². The highest BCUT2D eigenvalue weighted by Gasteiger charge is 2.17. The van der Waals surface area contributed by atoms with Crippen LogP contribution >= 0.6 is 27.3 Å². The van der Waals surface area contributed by atoms with E-state index in [1.165, 1.54) is 4.88 Å². The molecule has 1 atom stereocenters. The fourth-order valence-electron chi connectivity index (χ4n) is 2.12. The molecule has 2 rings (SSSR count). The van der Waals surface area contributed by atoms with E-state index < -0.39 is 0 Å². The second-order valence-corrected chi connectivity index (χ2v) is 7.14. The summed E-state index contributed by atoms with van der Waals surface area (Å²) in [5.41, 5.74) is 1.09. The standard InChI is InChI=1S/C15H18BrNO2S/c1-17(9-13-7-8-15(16)20-13)14(10-18)11-3-5-12(19-2)6-4-11/h3-8,14,18H,9-10H2,1-2H3. The van der Waals surface area contributed by atoms with Gasteiger partial charge in [0.25, 0.3) is 0 Å². The Morgan fingerprint density at radius 3 is 2.45 bits per heavy atom. The zero-order valence-electron chi connectivity index (χ0n) is 11.5. The van der Waals surface area contributed by atoms with E-state index in [1.807, 2.05) is 31.3 Å². The van der Waals surface area contributed by atoms with E-state index in [9.17, 15) is 5.11 Å². The molecule has 0 aliphatic carbocycles. The van der Waals surface area contributed by atoms with E-state index in [0.29, 0.717) is 0 Å². The SMILES string of the molecule is COc1ccc(C(CO)N(C)Cc2ccc(Br)s2)cc1. The fourth-order valence-corrected chi connectivity index (χ4v) is 3.66. The molecule has 0 radical (unpaired) electrons. The van der Waals surface area contributed by atoms with Gasteiger partial charge in [-0.25, -0.2) is 0 Å². The zero-order valence-corrected chi connectivity index (χ0v) is 13.9. The number of nitrogens with zero attached hydrogens (tertiary/aromatic N) is 1. The van der Waals surface area contributed by atoms with E-state index in [2.05, 4.69) is 33.0 Å². The van der Waals surface area contributed by atoms with Crippen LogP contribution in [0.5, 0.6) is 5.75 Å². The van der Waals surface area contributed by atoms with E-state index in [0.717, 1.165) is 21.6 Å². The number of halogens is 1. The van der Waals surface area contributed by atoms with Crippen molar-refractivity contribution in [2.75, 3.05) is 20.8 Å². The van der Waals surface area contributed by atoms with Gasteiger partial charge in [0, 0.05) is 11.4 Å². The van der Waals surface area contributed by atoms with E-state index in [-0.39, 0.29) is 12.6 Å². The van der Waals surface area contributed by atoms with Gasteiger partial charge in [-0.05, 0) is 52.8 Å². The molecule has 2 aromatic rings. The predicted molar refractivity (Wildman–Crippen MR) is 86.3 cm³/mol. The lowest BCUT2D eigenvalue weighted by molar-refractivity contribution is 0.143. The number of methoxy groups -OCH3 is 1. The van der Waals surface area contributed by atoms with E-state index in [4.69, 9.17) is 4.74 Å². The summed E-state index contributed by atoms with van der Waals surface area (Å²) < 4.78 is 6.29. The summed E-state index contributed by atoms with van der Waals surface area (Å²) in [7, 11) is 3.68. The minimum Gasteiger partial charge on any atom is -0.497 e. The number of hydrogen-bond donors (Lipinski definition) is 1. The number of aliphatic hydroxyl groups excluding tert-OH is 1. The lowest BCUT2D eigenvalue weighted by Crippen LogP contribution is -2.26. The molecule has 0 saturated heterocycles. The molecule has 0 aliphatic heterocycles. The van der Waals surface area contributed by atoms with Crippen molar-refractivity contribution in [2.24, 2.45) is 0 Å². The van der Waals surface area contributed by atoms with Crippen molar-refractivity contribution in [3.8, 4) is 5.75 Å². The lowest BCUT2D eigenvalue weighted by atomic mass is 10.1. The van der Waals surface area contributed by atoms with Crippen LogP contribution in [0.4, 0.5) is 0 Å². The van der Waals surface area contributed by atoms with Crippen molar-refractivity contribution in [3.63, 3.8) is 0 Å². The Morgan fingerprint density at radius 2 is 1.95 bits per heavy atom. The first-order valence-corrected chi connectivity index (χ1v) is 7.94. The van der Waals surface area contributed by atoms with Crippen molar-refractivity contribution < 1.29 is 9.84 Å². The molecule has 0 saturated carbocycles. The van der Waals surface area contributed by atoms with Crippen LogP contribution in [0, 0.1) is 0 Å². The molecule has 3 nitrogen and oxygen atoms in total. The third kappa shape index (κ3) is 3.82. The summed E-state index contributed by atoms with van der Waals surface area (Å²) in [6.07, 6.45) is 0. The van der Waals surface area contributed by atoms with E-state index >= 15 is 0 Å². The minimum absolute atomic E-state index is 0.0122. The number of aliphatic hydroxyl groups is 1. The molecule has 0 amide bonds. The molecule has 0 bridgehead atoms. The van der Waals surface area contributed by atoms with Crippen LogP contribution in [0.15, 0.2) is 40.2 Å². The molecule has 0 spiro atoms. The highest BCUT2D eigenvalue weighted by molar-refractivity contribution is 9.11. The first-order chi connectivity index (χ1) is 9.63. The Bertz CT molecular complexity index is 541. The first-order valence-electron chi connectivity index (χ1n) is 6.33. The molecular formula is C15H18BrNO2S. The summed E-state index contributed by atoms with van der Waals surface area (Å²) >= 11 is 5.19. The molecule has 5 heteroatoms. The van der Waals surface area contributed by atoms with Gasteiger partial charge in [0.1, 0.15) is 5.75 Å². The number of rotatable bonds is 6. The summed E-state index contributed by atoms with van der Waals surface area (Å²) in [4.78, 5) is 3.42. The van der Waals surface area contributed by atoms with Gasteiger partial charge < -0.3 is 9.84 Å². The summed E-state index contributed by atoms with van der Waals surface area (Å²) in [5, 5.41) is 9.68. The molecule has 1 heterocycles. The van der Waals surface area contributed by atoms with Crippen LogP contribution < -0.4 is 4.74 Å². The smallest absolute Gasteiger partial charge is 0.118 e. The number of ether oxygens (including phenoxy) is 1. The third-order valence-electron chi connectivity index (χ3n) is 3.24. The molecule has 0 aliphatic rings. The van der Waals surface area contributed by atoms with Gasteiger partial charge >= 0.3 is 0 Å². The number of thiophene rings is 1. The monoisotopic (exact) mass is 355 g/mol. The number of likely N-dealkylation sites (N-methyl/N-ethyl adjacent to an activating group) is 1. The van der Waals surface area contributed by atoms with Gasteiger partial charge in [-0.2, -0.15) is 0 Å². The maximum Gasteiger partial charge on any atom is 0.118 e. The summed E-state index contributed by atoms with van der Waals surface area (Å²) in [6.45, 7) is 0.906. The average Bonchev–Trinajstić information content (AvgIpc) is 2.85. The topological polar surface area (TPSA) is 32.7 Å². The van der Waals surface area contributed by atoms with Gasteiger partial charge in [0.2, 0.25) is 0 Å².